The van der Waals surface area contributed by atoms with Gasteiger partial charge in [-0.1, -0.05) is 24.3 Å². The van der Waals surface area contributed by atoms with E-state index in [1.165, 1.54) is 29.5 Å². The Hall–Kier alpha value is -3.50. The summed E-state index contributed by atoms with van der Waals surface area (Å²) in [7, 11) is 1.57. The summed E-state index contributed by atoms with van der Waals surface area (Å²) in [5, 5.41) is 12.4. The Morgan fingerprint density at radius 2 is 1.96 bits per heavy atom. The fourth-order valence-corrected chi connectivity index (χ4v) is 3.27. The quantitative estimate of drug-likeness (QED) is 0.497. The van der Waals surface area contributed by atoms with E-state index in [9.17, 15) is 14.4 Å². The standard InChI is InChI=1S/C21H16FN3O2S/c1-27-18-8-4-14(5-9-18)10-16(12-23)20(26)25-21-24-13-19(28-21)11-15-2-6-17(22)7-3-15/h2-10,13H,11H2,1H3,(H,24,25,26)/b16-10-. The number of nitriles is 1. The summed E-state index contributed by atoms with van der Waals surface area (Å²) in [5.74, 6) is -0.119. The highest BCUT2D eigenvalue weighted by molar-refractivity contribution is 7.15. The molecule has 0 atom stereocenters. The summed E-state index contributed by atoms with van der Waals surface area (Å²) >= 11 is 1.31. The molecule has 0 saturated carbocycles. The minimum Gasteiger partial charge on any atom is -0.497 e. The summed E-state index contributed by atoms with van der Waals surface area (Å²) in [4.78, 5) is 17.5. The molecular weight excluding hydrogens is 377 g/mol. The Balaban J connectivity index is 1.67. The number of halogens is 1. The lowest BCUT2D eigenvalue weighted by atomic mass is 10.1. The van der Waals surface area contributed by atoms with Gasteiger partial charge >= 0.3 is 0 Å². The Bertz CT molecular complexity index is 1030. The number of thiazole rings is 1. The molecule has 0 saturated heterocycles. The summed E-state index contributed by atoms with van der Waals surface area (Å²) in [6, 6.07) is 15.2. The molecule has 0 unspecified atom stereocenters. The number of carbonyl (C=O) groups excluding carboxylic acids is 1. The van der Waals surface area contributed by atoms with Gasteiger partial charge < -0.3 is 4.74 Å². The second kappa shape index (κ2) is 8.93. The van der Waals surface area contributed by atoms with E-state index in [2.05, 4.69) is 10.3 Å². The van der Waals surface area contributed by atoms with Gasteiger partial charge in [0.15, 0.2) is 5.13 Å². The van der Waals surface area contributed by atoms with Crippen LogP contribution in [0.3, 0.4) is 0 Å². The maximum Gasteiger partial charge on any atom is 0.268 e. The number of nitrogens with zero attached hydrogens (tertiary/aromatic N) is 2. The zero-order valence-electron chi connectivity index (χ0n) is 15.0. The van der Waals surface area contributed by atoms with Crippen LogP contribution in [0.2, 0.25) is 0 Å². The van der Waals surface area contributed by atoms with Gasteiger partial charge in [-0.3, -0.25) is 10.1 Å². The molecule has 0 aliphatic carbocycles. The van der Waals surface area contributed by atoms with E-state index in [1.54, 1.807) is 49.7 Å². The topological polar surface area (TPSA) is 75.0 Å². The van der Waals surface area contributed by atoms with Crippen LogP contribution in [0.1, 0.15) is 16.0 Å². The number of amides is 1. The molecule has 0 aliphatic rings. The molecule has 3 rings (SSSR count). The van der Waals surface area contributed by atoms with Gasteiger partial charge in [0.2, 0.25) is 0 Å². The number of anilines is 1. The number of carbonyl (C=O) groups is 1. The lowest BCUT2D eigenvalue weighted by molar-refractivity contribution is -0.112. The van der Waals surface area contributed by atoms with Crippen molar-refractivity contribution in [2.24, 2.45) is 0 Å². The molecule has 0 radical (unpaired) electrons. The van der Waals surface area contributed by atoms with Crippen LogP contribution in [-0.4, -0.2) is 18.0 Å². The van der Waals surface area contributed by atoms with Crippen molar-refractivity contribution in [3.63, 3.8) is 0 Å². The van der Waals surface area contributed by atoms with E-state index >= 15 is 0 Å². The Labute approximate surface area is 165 Å². The smallest absolute Gasteiger partial charge is 0.268 e. The van der Waals surface area contributed by atoms with E-state index in [0.29, 0.717) is 22.9 Å². The largest absolute Gasteiger partial charge is 0.497 e. The van der Waals surface area contributed by atoms with Gasteiger partial charge in [-0.05, 0) is 41.5 Å². The Kier molecular flexibility index (Phi) is 6.14. The highest BCUT2D eigenvalue weighted by Crippen LogP contribution is 2.22. The number of ether oxygens (including phenoxy) is 1. The van der Waals surface area contributed by atoms with Gasteiger partial charge in [0.1, 0.15) is 23.2 Å². The first-order valence-corrected chi connectivity index (χ1v) is 9.15. The fraction of sp³-hybridized carbons (Fsp3) is 0.0952. The van der Waals surface area contributed by atoms with Gasteiger partial charge in [-0.25, -0.2) is 9.37 Å². The maximum atomic E-state index is 13.0. The van der Waals surface area contributed by atoms with Crippen LogP contribution < -0.4 is 10.1 Å². The molecule has 140 valence electrons. The zero-order valence-corrected chi connectivity index (χ0v) is 15.8. The number of methoxy groups -OCH3 is 1. The van der Waals surface area contributed by atoms with Crippen molar-refractivity contribution in [2.75, 3.05) is 12.4 Å². The van der Waals surface area contributed by atoms with Gasteiger partial charge in [-0.15, -0.1) is 11.3 Å². The first-order valence-electron chi connectivity index (χ1n) is 8.34. The van der Waals surface area contributed by atoms with Crippen LogP contribution >= 0.6 is 11.3 Å². The Morgan fingerprint density at radius 3 is 2.61 bits per heavy atom. The first-order chi connectivity index (χ1) is 13.6. The van der Waals surface area contributed by atoms with E-state index in [4.69, 9.17) is 4.74 Å². The molecule has 0 spiro atoms. The second-order valence-corrected chi connectivity index (χ2v) is 6.95. The monoisotopic (exact) mass is 393 g/mol. The SMILES string of the molecule is COc1ccc(/C=C(/C#N)C(=O)Nc2ncc(Cc3ccc(F)cc3)s2)cc1. The van der Waals surface area contributed by atoms with Crippen LogP contribution in [0, 0.1) is 17.1 Å². The molecule has 1 amide bonds. The summed E-state index contributed by atoms with van der Waals surface area (Å²) < 4.78 is 18.1. The average Bonchev–Trinajstić information content (AvgIpc) is 3.15. The molecular formula is C21H16FN3O2S. The molecule has 7 heteroatoms. The number of hydrogen-bond acceptors (Lipinski definition) is 5. The van der Waals surface area contributed by atoms with Crippen molar-refractivity contribution in [3.05, 3.63) is 82.1 Å². The molecule has 2 aromatic carbocycles. The fourth-order valence-electron chi connectivity index (χ4n) is 2.43. The lowest BCUT2D eigenvalue weighted by Gasteiger charge is -2.02. The summed E-state index contributed by atoms with van der Waals surface area (Å²) in [6.07, 6.45) is 3.74. The van der Waals surface area contributed by atoms with Gasteiger partial charge in [0.05, 0.1) is 7.11 Å². The molecule has 0 aliphatic heterocycles. The van der Waals surface area contributed by atoms with Gasteiger partial charge in [-0.2, -0.15) is 5.26 Å². The minimum absolute atomic E-state index is 0.0274. The molecule has 1 aromatic heterocycles. The van der Waals surface area contributed by atoms with Crippen LogP contribution in [0.15, 0.2) is 60.3 Å². The second-order valence-electron chi connectivity index (χ2n) is 5.83. The number of hydrogen-bond donors (Lipinski definition) is 1. The molecule has 1 N–H and O–H groups in total. The minimum atomic E-state index is -0.527. The third-order valence-corrected chi connectivity index (χ3v) is 4.77. The van der Waals surface area contributed by atoms with E-state index in [0.717, 1.165) is 10.4 Å². The van der Waals surface area contributed by atoms with Crippen molar-refractivity contribution in [2.45, 2.75) is 6.42 Å². The van der Waals surface area contributed by atoms with Crippen molar-refractivity contribution in [1.82, 2.24) is 4.98 Å². The van der Waals surface area contributed by atoms with Crippen LogP contribution in [-0.2, 0) is 11.2 Å². The number of benzene rings is 2. The molecule has 5 nitrogen and oxygen atoms in total. The number of aromatic nitrogens is 1. The normalized spacial score (nSPS) is 11.0. The van der Waals surface area contributed by atoms with Crippen LogP contribution in [0.4, 0.5) is 9.52 Å². The first kappa shape index (κ1) is 19.3. The third kappa shape index (κ3) is 5.02. The third-order valence-electron chi connectivity index (χ3n) is 3.86. The molecule has 0 fully saturated rings. The van der Waals surface area contributed by atoms with Crippen molar-refractivity contribution >= 4 is 28.5 Å². The van der Waals surface area contributed by atoms with Crippen LogP contribution in [0.25, 0.3) is 6.08 Å². The van der Waals surface area contributed by atoms with Crippen molar-refractivity contribution < 1.29 is 13.9 Å². The molecule has 3 aromatic rings. The predicted molar refractivity (Wildman–Crippen MR) is 107 cm³/mol. The zero-order chi connectivity index (χ0) is 19.9. The van der Waals surface area contributed by atoms with E-state index < -0.39 is 5.91 Å². The van der Waals surface area contributed by atoms with Crippen molar-refractivity contribution in [3.8, 4) is 11.8 Å². The highest BCUT2D eigenvalue weighted by Gasteiger charge is 2.12. The number of rotatable bonds is 6. The van der Waals surface area contributed by atoms with Crippen LogP contribution in [0.5, 0.6) is 5.75 Å². The lowest BCUT2D eigenvalue weighted by Crippen LogP contribution is -2.13. The van der Waals surface area contributed by atoms with E-state index in [-0.39, 0.29) is 11.4 Å². The molecule has 1 heterocycles. The van der Waals surface area contributed by atoms with Crippen molar-refractivity contribution in [1.29, 1.82) is 5.26 Å². The van der Waals surface area contributed by atoms with E-state index in [1.807, 2.05) is 6.07 Å². The number of nitrogens with one attached hydrogen (secondary N) is 1. The maximum absolute atomic E-state index is 13.0. The van der Waals surface area contributed by atoms with Gasteiger partial charge in [0.25, 0.3) is 5.91 Å². The summed E-state index contributed by atoms with van der Waals surface area (Å²) in [5.41, 5.74) is 1.63. The predicted octanol–water partition coefficient (Wildman–Crippen LogP) is 4.43. The highest BCUT2D eigenvalue weighted by atomic mass is 32.1. The summed E-state index contributed by atoms with van der Waals surface area (Å²) in [6.45, 7) is 0. The van der Waals surface area contributed by atoms with Gasteiger partial charge in [0, 0.05) is 17.5 Å². The molecule has 28 heavy (non-hydrogen) atoms. The average molecular weight is 393 g/mol. The molecule has 0 bridgehead atoms. The Morgan fingerprint density at radius 1 is 1.25 bits per heavy atom.